The number of aliphatic hydroxyl groups excluding tert-OH is 1. The predicted octanol–water partition coefficient (Wildman–Crippen LogP) is 3.02. The van der Waals surface area contributed by atoms with Gasteiger partial charge in [-0.2, -0.15) is 0 Å². The Labute approximate surface area is 114 Å². The van der Waals surface area contributed by atoms with Crippen LogP contribution >= 0.6 is 0 Å². The molecule has 0 saturated heterocycles. The third-order valence-corrected chi connectivity index (χ3v) is 2.63. The summed E-state index contributed by atoms with van der Waals surface area (Å²) in [5, 5.41) is 12.8. The number of nitrogens with one attached hydrogen (secondary N) is 1. The fourth-order valence-corrected chi connectivity index (χ4v) is 1.73. The molecule has 0 aliphatic carbocycles. The molecule has 0 radical (unpaired) electrons. The summed E-state index contributed by atoms with van der Waals surface area (Å²) in [5.41, 5.74) is 0.311. The van der Waals surface area contributed by atoms with E-state index in [4.69, 9.17) is 4.74 Å². The highest BCUT2D eigenvalue weighted by atomic mass is 16.6. The number of benzene rings is 1. The number of hydrogen-bond acceptors (Lipinski definition) is 3. The lowest BCUT2D eigenvalue weighted by atomic mass is 10.00. The summed E-state index contributed by atoms with van der Waals surface area (Å²) in [5.74, 6) is 0. The lowest BCUT2D eigenvalue weighted by Crippen LogP contribution is -2.39. The van der Waals surface area contributed by atoms with Gasteiger partial charge in [0.25, 0.3) is 0 Å². The average molecular weight is 265 g/mol. The van der Waals surface area contributed by atoms with Crippen LogP contribution in [-0.2, 0) is 4.74 Å². The SMILES string of the molecule is CCC(O)C(NC(=O)OC(C)(C)C)c1ccccc1. The molecule has 0 bridgehead atoms. The van der Waals surface area contributed by atoms with Crippen molar-refractivity contribution in [1.29, 1.82) is 0 Å². The molecule has 0 aromatic heterocycles. The molecule has 19 heavy (non-hydrogen) atoms. The number of alkyl carbamates (subject to hydrolysis) is 1. The number of ether oxygens (including phenoxy) is 1. The summed E-state index contributed by atoms with van der Waals surface area (Å²) in [6.07, 6.45) is -0.612. The van der Waals surface area contributed by atoms with E-state index in [9.17, 15) is 9.90 Å². The van der Waals surface area contributed by atoms with E-state index in [2.05, 4.69) is 5.32 Å². The highest BCUT2D eigenvalue weighted by Crippen LogP contribution is 2.19. The molecule has 1 aromatic carbocycles. The molecule has 0 aliphatic heterocycles. The quantitative estimate of drug-likeness (QED) is 0.879. The Morgan fingerprint density at radius 2 is 1.89 bits per heavy atom. The number of rotatable bonds is 4. The van der Waals surface area contributed by atoms with Gasteiger partial charge in [0, 0.05) is 0 Å². The molecule has 0 aliphatic rings. The summed E-state index contributed by atoms with van der Waals surface area (Å²) >= 11 is 0. The Morgan fingerprint density at radius 3 is 2.37 bits per heavy atom. The van der Waals surface area contributed by atoms with Crippen LogP contribution in [0.15, 0.2) is 30.3 Å². The van der Waals surface area contributed by atoms with Crippen molar-refractivity contribution in [2.24, 2.45) is 0 Å². The van der Waals surface area contributed by atoms with Crippen LogP contribution in [-0.4, -0.2) is 22.9 Å². The highest BCUT2D eigenvalue weighted by molar-refractivity contribution is 5.68. The number of aliphatic hydroxyl groups is 1. The number of carbonyl (C=O) groups excluding carboxylic acids is 1. The lowest BCUT2D eigenvalue weighted by Gasteiger charge is -2.26. The second kappa shape index (κ2) is 6.57. The minimum Gasteiger partial charge on any atom is -0.444 e. The number of amides is 1. The fourth-order valence-electron chi connectivity index (χ4n) is 1.73. The van der Waals surface area contributed by atoms with Crippen molar-refractivity contribution < 1.29 is 14.6 Å². The van der Waals surface area contributed by atoms with Crippen molar-refractivity contribution in [3.8, 4) is 0 Å². The van der Waals surface area contributed by atoms with Crippen LogP contribution in [0.1, 0.15) is 45.7 Å². The standard InChI is InChI=1S/C15H23NO3/c1-5-12(17)13(11-9-7-6-8-10-11)16-14(18)19-15(2,3)4/h6-10,12-13,17H,5H2,1-4H3,(H,16,18). The van der Waals surface area contributed by atoms with Gasteiger partial charge in [0.2, 0.25) is 0 Å². The summed E-state index contributed by atoms with van der Waals surface area (Å²) < 4.78 is 5.22. The first kappa shape index (κ1) is 15.5. The van der Waals surface area contributed by atoms with Gasteiger partial charge in [-0.25, -0.2) is 4.79 Å². The maximum Gasteiger partial charge on any atom is 0.408 e. The van der Waals surface area contributed by atoms with Gasteiger partial charge < -0.3 is 15.2 Å². The number of hydrogen-bond donors (Lipinski definition) is 2. The molecule has 2 atom stereocenters. The second-order valence-electron chi connectivity index (χ2n) is 5.51. The summed E-state index contributed by atoms with van der Waals surface area (Å²) in [6, 6.07) is 8.94. The monoisotopic (exact) mass is 265 g/mol. The van der Waals surface area contributed by atoms with E-state index >= 15 is 0 Å². The molecular weight excluding hydrogens is 242 g/mol. The summed E-state index contributed by atoms with van der Waals surface area (Å²) in [6.45, 7) is 7.29. The van der Waals surface area contributed by atoms with Crippen molar-refractivity contribution >= 4 is 6.09 Å². The molecule has 1 amide bonds. The second-order valence-corrected chi connectivity index (χ2v) is 5.51. The first-order valence-electron chi connectivity index (χ1n) is 6.56. The van der Waals surface area contributed by atoms with Gasteiger partial charge in [0.15, 0.2) is 0 Å². The lowest BCUT2D eigenvalue weighted by molar-refractivity contribution is 0.0417. The molecule has 0 heterocycles. The molecule has 4 heteroatoms. The van der Waals surface area contributed by atoms with Crippen molar-refractivity contribution in [2.75, 3.05) is 0 Å². The van der Waals surface area contributed by atoms with Crippen molar-refractivity contribution in [2.45, 2.75) is 51.9 Å². The molecule has 2 unspecified atom stereocenters. The van der Waals surface area contributed by atoms with Gasteiger partial charge in [0.1, 0.15) is 5.60 Å². The topological polar surface area (TPSA) is 58.6 Å². The van der Waals surface area contributed by atoms with Gasteiger partial charge in [-0.05, 0) is 32.8 Å². The van der Waals surface area contributed by atoms with Gasteiger partial charge in [-0.1, -0.05) is 37.3 Å². The molecule has 0 spiro atoms. The van der Waals surface area contributed by atoms with Gasteiger partial charge in [-0.15, -0.1) is 0 Å². The van der Waals surface area contributed by atoms with Gasteiger partial charge in [-0.3, -0.25) is 0 Å². The van der Waals surface area contributed by atoms with Crippen LogP contribution in [0.25, 0.3) is 0 Å². The molecule has 2 N–H and O–H groups in total. The van der Waals surface area contributed by atoms with E-state index in [-0.39, 0.29) is 0 Å². The molecule has 1 aromatic rings. The molecule has 106 valence electrons. The predicted molar refractivity (Wildman–Crippen MR) is 74.9 cm³/mol. The van der Waals surface area contributed by atoms with Crippen LogP contribution in [0, 0.1) is 0 Å². The summed E-state index contributed by atoms with van der Waals surface area (Å²) in [4.78, 5) is 11.8. The fraction of sp³-hybridized carbons (Fsp3) is 0.533. The first-order chi connectivity index (χ1) is 8.83. The van der Waals surface area contributed by atoms with Crippen LogP contribution in [0.2, 0.25) is 0 Å². The van der Waals surface area contributed by atoms with Crippen LogP contribution < -0.4 is 5.32 Å². The van der Waals surface area contributed by atoms with E-state index < -0.39 is 23.8 Å². The molecule has 0 fully saturated rings. The zero-order chi connectivity index (χ0) is 14.5. The van der Waals surface area contributed by atoms with Crippen LogP contribution in [0.5, 0.6) is 0 Å². The van der Waals surface area contributed by atoms with E-state index in [1.54, 1.807) is 20.8 Å². The Hall–Kier alpha value is -1.55. The number of carbonyl (C=O) groups is 1. The molecule has 4 nitrogen and oxygen atoms in total. The summed E-state index contributed by atoms with van der Waals surface area (Å²) in [7, 11) is 0. The maximum absolute atomic E-state index is 11.8. The van der Waals surface area contributed by atoms with Crippen molar-refractivity contribution in [1.82, 2.24) is 5.32 Å². The zero-order valence-corrected chi connectivity index (χ0v) is 12.0. The smallest absolute Gasteiger partial charge is 0.408 e. The molecule has 0 saturated carbocycles. The third kappa shape index (κ3) is 5.30. The largest absolute Gasteiger partial charge is 0.444 e. The van der Waals surface area contributed by atoms with E-state index in [0.29, 0.717) is 6.42 Å². The van der Waals surface area contributed by atoms with E-state index in [0.717, 1.165) is 5.56 Å². The van der Waals surface area contributed by atoms with Gasteiger partial charge >= 0.3 is 6.09 Å². The minimum absolute atomic E-state index is 0.457. The Balaban J connectivity index is 2.80. The third-order valence-electron chi connectivity index (χ3n) is 2.63. The average Bonchev–Trinajstić information content (AvgIpc) is 2.34. The molecular formula is C15H23NO3. The van der Waals surface area contributed by atoms with E-state index in [1.165, 1.54) is 0 Å². The minimum atomic E-state index is -0.644. The normalized spacial score (nSPS) is 14.6. The first-order valence-corrected chi connectivity index (χ1v) is 6.56. The van der Waals surface area contributed by atoms with E-state index in [1.807, 2.05) is 37.3 Å². The van der Waals surface area contributed by atoms with Gasteiger partial charge in [0.05, 0.1) is 12.1 Å². The zero-order valence-electron chi connectivity index (χ0n) is 12.0. The Kier molecular flexibility index (Phi) is 5.36. The van der Waals surface area contributed by atoms with Crippen LogP contribution in [0.4, 0.5) is 4.79 Å². The Morgan fingerprint density at radius 1 is 1.32 bits per heavy atom. The van der Waals surface area contributed by atoms with Crippen molar-refractivity contribution in [3.63, 3.8) is 0 Å². The highest BCUT2D eigenvalue weighted by Gasteiger charge is 2.24. The maximum atomic E-state index is 11.8. The van der Waals surface area contributed by atoms with Crippen molar-refractivity contribution in [3.05, 3.63) is 35.9 Å². The van der Waals surface area contributed by atoms with Crippen LogP contribution in [0.3, 0.4) is 0 Å². The molecule has 1 rings (SSSR count). The Bertz CT molecular complexity index is 398.